The summed E-state index contributed by atoms with van der Waals surface area (Å²) in [5.74, 6) is 0. The molecule has 6 nitrogen and oxygen atoms in total. The van der Waals surface area contributed by atoms with Crippen molar-refractivity contribution < 1.29 is 0 Å². The lowest BCUT2D eigenvalue weighted by atomic mass is 9.80. The van der Waals surface area contributed by atoms with Crippen LogP contribution in [0.15, 0.2) is 254 Å². The quantitative estimate of drug-likeness (QED) is 0.101. The Morgan fingerprint density at radius 2 is 1.20 bits per heavy atom. The van der Waals surface area contributed by atoms with Gasteiger partial charge in [-0.25, -0.2) is 0 Å². The summed E-state index contributed by atoms with van der Waals surface area (Å²) in [5.41, 5.74) is 22.5. The molecule has 0 spiro atoms. The maximum Gasteiger partial charge on any atom is 0.101 e. The van der Waals surface area contributed by atoms with Gasteiger partial charge in [0.2, 0.25) is 0 Å². The molecule has 378 valence electrons. The minimum atomic E-state index is -0.339. The molecule has 0 radical (unpaired) electrons. The lowest BCUT2D eigenvalue weighted by molar-refractivity contribution is 0.655. The average molecular weight is 1040 g/mol. The van der Waals surface area contributed by atoms with Crippen LogP contribution in [-0.4, -0.2) is 15.2 Å². The van der Waals surface area contributed by atoms with E-state index in [0.29, 0.717) is 22.5 Å². The third-order valence-corrected chi connectivity index (χ3v) is 17.4. The molecule has 0 atom stereocenters. The molecule has 3 aliphatic rings. The molecule has 0 aliphatic heterocycles. The maximum atomic E-state index is 11.6. The van der Waals surface area contributed by atoms with Crippen molar-refractivity contribution in [1.29, 1.82) is 10.5 Å². The summed E-state index contributed by atoms with van der Waals surface area (Å²) in [7, 11) is 0. The van der Waals surface area contributed by atoms with Crippen LogP contribution in [0.5, 0.6) is 0 Å². The fraction of sp³-hybridized carbons (Fsp3) is 0.0685. The van der Waals surface area contributed by atoms with Crippen LogP contribution in [0.2, 0.25) is 0 Å². The molecule has 14 rings (SSSR count). The summed E-state index contributed by atoms with van der Waals surface area (Å²) in [5, 5.41) is 28.7. The molecule has 0 amide bonds. The van der Waals surface area contributed by atoms with Crippen LogP contribution >= 0.6 is 11.3 Å². The number of thiophene rings is 1. The molecule has 0 saturated heterocycles. The number of allylic oxidation sites excluding steroid dienone is 9. The summed E-state index contributed by atoms with van der Waals surface area (Å²) in [4.78, 5) is 4.51. The number of nitriles is 2. The fourth-order valence-electron chi connectivity index (χ4n) is 12.4. The predicted molar refractivity (Wildman–Crippen MR) is 334 cm³/mol. The number of fused-ring (bicyclic) bond motifs is 9. The number of nitrogens with zero attached hydrogens (tertiary/aromatic N) is 6. The van der Waals surface area contributed by atoms with E-state index in [9.17, 15) is 10.5 Å². The number of hydrogen-bond donors (Lipinski definition) is 0. The van der Waals surface area contributed by atoms with E-state index >= 15 is 0 Å². The highest BCUT2D eigenvalue weighted by Gasteiger charge is 2.38. The van der Waals surface area contributed by atoms with Gasteiger partial charge in [-0.3, -0.25) is 0 Å². The standard InChI is InChI=1S/C73H50N6S/c1-47(76(51-22-12-7-13-23-51)52-24-14-8-15-25-52)34-36-65-48(2)58-41-62-57-31-19-21-33-71(57)80-72(62)44-70(58)78(65)67-38-50(46-75)68(39-49(67)45-74)79-66-37-35-55(77(54-28-16-9-17-29-54)53-26-10-5-6-11-27-53)40-60(66)61-42-59-56-30-18-20-32-63(56)73(3,4)64(59)43-69(61)79/h5-17,19,21-44,53H,1H2,2-4H3/b36-34-. The van der Waals surface area contributed by atoms with Gasteiger partial charge in [-0.1, -0.05) is 141 Å². The molecule has 0 unspecified atom stereocenters. The average Bonchev–Trinajstić information content (AvgIpc) is 3.78. The Hall–Kier alpha value is -10.4. The van der Waals surface area contributed by atoms with Crippen molar-refractivity contribution in [2.75, 3.05) is 9.80 Å². The van der Waals surface area contributed by atoms with E-state index in [-0.39, 0.29) is 11.5 Å². The van der Waals surface area contributed by atoms with E-state index < -0.39 is 0 Å². The second kappa shape index (κ2) is 19.0. The number of benzene rings is 8. The molecule has 0 saturated carbocycles. The van der Waals surface area contributed by atoms with E-state index in [2.05, 4.69) is 246 Å². The van der Waals surface area contributed by atoms with Crippen molar-refractivity contribution in [3.05, 3.63) is 287 Å². The van der Waals surface area contributed by atoms with Gasteiger partial charge in [0.15, 0.2) is 0 Å². The van der Waals surface area contributed by atoms with Crippen LogP contribution in [0.1, 0.15) is 47.4 Å². The highest BCUT2D eigenvalue weighted by Crippen LogP contribution is 2.51. The smallest absolute Gasteiger partial charge is 0.101 e. The zero-order valence-corrected chi connectivity index (χ0v) is 45.1. The zero-order chi connectivity index (χ0) is 54.2. The Morgan fingerprint density at radius 3 is 1.89 bits per heavy atom. The van der Waals surface area contributed by atoms with Crippen LogP contribution in [0, 0.1) is 29.6 Å². The summed E-state index contributed by atoms with van der Waals surface area (Å²) in [6, 6.07) is 64.5. The lowest BCUT2D eigenvalue weighted by Crippen LogP contribution is -2.27. The predicted octanol–water partition coefficient (Wildman–Crippen LogP) is 18.6. The second-order valence-electron chi connectivity index (χ2n) is 21.1. The van der Waals surface area contributed by atoms with Gasteiger partial charge in [0.1, 0.15) is 12.1 Å². The largest absolute Gasteiger partial charge is 0.331 e. The van der Waals surface area contributed by atoms with E-state index in [1.807, 2.05) is 54.6 Å². The molecule has 11 aromatic rings. The molecular formula is C73H50N6S. The van der Waals surface area contributed by atoms with Crippen LogP contribution in [-0.2, 0) is 5.41 Å². The Balaban J connectivity index is 1.00. The summed E-state index contributed by atoms with van der Waals surface area (Å²) in [6.45, 7) is 11.3. The van der Waals surface area contributed by atoms with Crippen LogP contribution in [0.25, 0.3) is 75.9 Å². The Morgan fingerprint density at radius 1 is 0.588 bits per heavy atom. The Bertz CT molecular complexity index is 4760. The molecule has 0 fully saturated rings. The molecule has 3 aromatic heterocycles. The van der Waals surface area contributed by atoms with Crippen molar-refractivity contribution in [2.24, 2.45) is 0 Å². The van der Waals surface area contributed by atoms with Crippen LogP contribution < -0.4 is 9.80 Å². The number of para-hydroxylation sites is 3. The third-order valence-electron chi connectivity index (χ3n) is 16.2. The monoisotopic (exact) mass is 1040 g/mol. The van der Waals surface area contributed by atoms with Gasteiger partial charge in [-0.2, -0.15) is 10.5 Å². The van der Waals surface area contributed by atoms with Gasteiger partial charge in [-0.15, -0.1) is 11.3 Å². The van der Waals surface area contributed by atoms with Gasteiger partial charge in [0.05, 0.1) is 45.1 Å². The molecular weight excluding hydrogens is 993 g/mol. The van der Waals surface area contributed by atoms with Gasteiger partial charge < -0.3 is 18.9 Å². The van der Waals surface area contributed by atoms with Crippen molar-refractivity contribution in [1.82, 2.24) is 9.13 Å². The summed E-state index contributed by atoms with van der Waals surface area (Å²) >= 11 is 1.76. The zero-order valence-electron chi connectivity index (χ0n) is 44.3. The summed E-state index contributed by atoms with van der Waals surface area (Å²) in [6.07, 6.45) is 21.0. The molecule has 0 N–H and O–H groups in total. The maximum absolute atomic E-state index is 11.6. The lowest BCUT2D eigenvalue weighted by Gasteiger charge is -2.30. The molecule has 3 aliphatic carbocycles. The van der Waals surface area contributed by atoms with E-state index in [0.717, 1.165) is 88.2 Å². The van der Waals surface area contributed by atoms with Gasteiger partial charge >= 0.3 is 0 Å². The van der Waals surface area contributed by atoms with E-state index in [1.54, 1.807) is 11.3 Å². The van der Waals surface area contributed by atoms with Crippen molar-refractivity contribution >= 4 is 98.6 Å². The molecule has 80 heavy (non-hydrogen) atoms. The van der Waals surface area contributed by atoms with Crippen LogP contribution in [0.4, 0.5) is 22.7 Å². The fourth-order valence-corrected chi connectivity index (χ4v) is 13.5. The molecule has 0 bridgehead atoms. The molecule has 8 aromatic carbocycles. The van der Waals surface area contributed by atoms with E-state index in [1.165, 1.54) is 26.6 Å². The van der Waals surface area contributed by atoms with E-state index in [4.69, 9.17) is 0 Å². The third kappa shape index (κ3) is 7.61. The highest BCUT2D eigenvalue weighted by molar-refractivity contribution is 7.25. The van der Waals surface area contributed by atoms with Gasteiger partial charge in [0, 0.05) is 75.9 Å². The normalized spacial score (nSPS) is 14.2. The first-order chi connectivity index (χ1) is 39.2. The number of hydrogen-bond acceptors (Lipinski definition) is 5. The number of rotatable bonds is 10. The van der Waals surface area contributed by atoms with Crippen molar-refractivity contribution in [2.45, 2.75) is 32.2 Å². The van der Waals surface area contributed by atoms with Gasteiger partial charge in [-0.05, 0) is 156 Å². The minimum absolute atomic E-state index is 0.0642. The first-order valence-corrected chi connectivity index (χ1v) is 27.7. The van der Waals surface area contributed by atoms with Gasteiger partial charge in [0.25, 0.3) is 0 Å². The first-order valence-electron chi connectivity index (χ1n) is 26.8. The molecule has 3 heterocycles. The second-order valence-corrected chi connectivity index (χ2v) is 22.2. The molecule has 7 heteroatoms. The Labute approximate surface area is 468 Å². The SMILES string of the molecule is C=C(/C=C\c1c(C)c2cc3c(cc2n1-c1cc(C#N)c(-n2c4ccc(N(c5ccccc5)C5C=CC=CC=C5)cc4c4cc5c(cc42)C(C)(C)C2=C5C=C=C=C2)cc1C#N)sc1ccccc13)N(c1ccccc1)c1ccccc1. The first kappa shape index (κ1) is 48.0. The number of aromatic nitrogens is 2. The topological polar surface area (TPSA) is 63.9 Å². The number of anilines is 4. The Kier molecular flexibility index (Phi) is 11.4. The van der Waals surface area contributed by atoms with Crippen LogP contribution in [0.3, 0.4) is 0 Å². The highest BCUT2D eigenvalue weighted by atomic mass is 32.1. The van der Waals surface area contributed by atoms with Crippen molar-refractivity contribution in [3.8, 4) is 23.5 Å². The minimum Gasteiger partial charge on any atom is -0.331 e. The van der Waals surface area contributed by atoms with Crippen molar-refractivity contribution in [3.63, 3.8) is 0 Å². The summed E-state index contributed by atoms with van der Waals surface area (Å²) < 4.78 is 6.74. The number of aryl methyl sites for hydroxylation is 1.